The highest BCUT2D eigenvalue weighted by Crippen LogP contribution is 2.38. The van der Waals surface area contributed by atoms with Crippen LogP contribution in [0.15, 0.2) is 30.3 Å². The first-order chi connectivity index (χ1) is 12.6. The van der Waals surface area contributed by atoms with Gasteiger partial charge in [-0.15, -0.1) is 0 Å². The van der Waals surface area contributed by atoms with Crippen molar-refractivity contribution >= 4 is 11.8 Å². The summed E-state index contributed by atoms with van der Waals surface area (Å²) < 4.78 is 5.53. The van der Waals surface area contributed by atoms with Gasteiger partial charge in [0.05, 0.1) is 12.8 Å². The van der Waals surface area contributed by atoms with E-state index >= 15 is 0 Å². The fourth-order valence-electron chi connectivity index (χ4n) is 4.17. The first-order valence-electron chi connectivity index (χ1n) is 9.42. The zero-order chi connectivity index (χ0) is 18.1. The molecule has 0 bridgehead atoms. The SMILES string of the molecule is COc1ccccc1C1CCN(c2cc(C3CC(N)C3)nc(N)n2)CC1. The van der Waals surface area contributed by atoms with Gasteiger partial charge in [-0.2, -0.15) is 4.98 Å². The van der Waals surface area contributed by atoms with Crippen molar-refractivity contribution in [1.82, 2.24) is 9.97 Å². The molecule has 0 unspecified atom stereocenters. The van der Waals surface area contributed by atoms with Crippen LogP contribution in [0.4, 0.5) is 11.8 Å². The second kappa shape index (κ2) is 7.11. The van der Waals surface area contributed by atoms with E-state index in [-0.39, 0.29) is 0 Å². The topological polar surface area (TPSA) is 90.3 Å². The van der Waals surface area contributed by atoms with Crippen LogP contribution >= 0.6 is 0 Å². The van der Waals surface area contributed by atoms with Crippen molar-refractivity contribution in [3.8, 4) is 5.75 Å². The molecule has 4 N–H and O–H groups in total. The summed E-state index contributed by atoms with van der Waals surface area (Å²) in [5.74, 6) is 3.25. The number of anilines is 2. The summed E-state index contributed by atoms with van der Waals surface area (Å²) in [4.78, 5) is 11.2. The van der Waals surface area contributed by atoms with Crippen molar-refractivity contribution in [1.29, 1.82) is 0 Å². The lowest BCUT2D eigenvalue weighted by molar-refractivity contribution is 0.345. The lowest BCUT2D eigenvalue weighted by Crippen LogP contribution is -2.36. The molecule has 0 atom stereocenters. The molecule has 0 spiro atoms. The highest BCUT2D eigenvalue weighted by molar-refractivity contribution is 5.46. The molecule has 0 amide bonds. The number of para-hydroxylation sites is 1. The summed E-state index contributed by atoms with van der Waals surface area (Å²) in [5.41, 5.74) is 14.3. The molecule has 1 aliphatic heterocycles. The predicted octanol–water partition coefficient (Wildman–Crippen LogP) is 2.66. The summed E-state index contributed by atoms with van der Waals surface area (Å²) in [6.45, 7) is 1.92. The number of hydrogen-bond donors (Lipinski definition) is 2. The zero-order valence-corrected chi connectivity index (χ0v) is 15.3. The molecule has 6 heteroatoms. The molecule has 1 saturated carbocycles. The zero-order valence-electron chi connectivity index (χ0n) is 15.3. The Kier molecular flexibility index (Phi) is 4.68. The molecular formula is C20H27N5O. The average Bonchev–Trinajstić information content (AvgIpc) is 2.65. The van der Waals surface area contributed by atoms with Crippen LogP contribution in [0.5, 0.6) is 5.75 Å². The number of nitrogens with two attached hydrogens (primary N) is 2. The molecule has 2 aliphatic rings. The van der Waals surface area contributed by atoms with Crippen LogP contribution in [-0.4, -0.2) is 36.2 Å². The Hall–Kier alpha value is -2.34. The van der Waals surface area contributed by atoms with E-state index in [9.17, 15) is 0 Å². The lowest BCUT2D eigenvalue weighted by Gasteiger charge is -2.35. The quantitative estimate of drug-likeness (QED) is 0.878. The fraction of sp³-hybridized carbons (Fsp3) is 0.500. The van der Waals surface area contributed by atoms with Gasteiger partial charge in [-0.25, -0.2) is 4.98 Å². The van der Waals surface area contributed by atoms with E-state index in [0.29, 0.717) is 23.8 Å². The van der Waals surface area contributed by atoms with Crippen LogP contribution in [0.3, 0.4) is 0 Å². The highest BCUT2D eigenvalue weighted by atomic mass is 16.5. The van der Waals surface area contributed by atoms with Gasteiger partial charge in [0.1, 0.15) is 11.6 Å². The van der Waals surface area contributed by atoms with Gasteiger partial charge >= 0.3 is 0 Å². The number of methoxy groups -OCH3 is 1. The summed E-state index contributed by atoms with van der Waals surface area (Å²) >= 11 is 0. The van der Waals surface area contributed by atoms with Crippen molar-refractivity contribution in [2.75, 3.05) is 30.8 Å². The molecule has 26 heavy (non-hydrogen) atoms. The molecule has 2 fully saturated rings. The second-order valence-electron chi connectivity index (χ2n) is 7.44. The maximum Gasteiger partial charge on any atom is 0.222 e. The third kappa shape index (κ3) is 3.33. The molecule has 2 heterocycles. The molecule has 0 radical (unpaired) electrons. The van der Waals surface area contributed by atoms with E-state index in [4.69, 9.17) is 16.2 Å². The number of aromatic nitrogens is 2. The van der Waals surface area contributed by atoms with E-state index < -0.39 is 0 Å². The molecule has 1 aliphatic carbocycles. The Bertz CT molecular complexity index is 767. The van der Waals surface area contributed by atoms with Gasteiger partial charge in [0.15, 0.2) is 0 Å². The second-order valence-corrected chi connectivity index (χ2v) is 7.44. The molecule has 6 nitrogen and oxygen atoms in total. The minimum absolute atomic E-state index is 0.302. The Labute approximate surface area is 154 Å². The van der Waals surface area contributed by atoms with Crippen molar-refractivity contribution in [2.45, 2.75) is 43.6 Å². The standard InChI is InChI=1S/C20H27N5O/c1-26-18-5-3-2-4-16(18)13-6-8-25(9-7-13)19-12-17(23-20(22)24-19)14-10-15(21)11-14/h2-5,12-15H,6-11,21H2,1H3,(H2,22,23,24). The van der Waals surface area contributed by atoms with Gasteiger partial charge in [-0.05, 0) is 43.2 Å². The molecule has 4 rings (SSSR count). The van der Waals surface area contributed by atoms with E-state index in [1.165, 1.54) is 5.56 Å². The Morgan fingerprint density at radius 3 is 2.50 bits per heavy atom. The fourth-order valence-corrected chi connectivity index (χ4v) is 4.17. The summed E-state index contributed by atoms with van der Waals surface area (Å²) in [7, 11) is 1.74. The highest BCUT2D eigenvalue weighted by Gasteiger charge is 2.30. The number of rotatable bonds is 4. The van der Waals surface area contributed by atoms with Crippen LogP contribution < -0.4 is 21.1 Å². The molecule has 1 aromatic heterocycles. The monoisotopic (exact) mass is 353 g/mol. The van der Waals surface area contributed by atoms with E-state index in [1.807, 2.05) is 12.1 Å². The number of benzene rings is 1. The molecule has 1 saturated heterocycles. The molecular weight excluding hydrogens is 326 g/mol. The van der Waals surface area contributed by atoms with Crippen molar-refractivity contribution in [2.24, 2.45) is 5.73 Å². The first-order valence-corrected chi connectivity index (χ1v) is 9.42. The van der Waals surface area contributed by atoms with Crippen LogP contribution in [0, 0.1) is 0 Å². The third-order valence-electron chi connectivity index (χ3n) is 5.74. The van der Waals surface area contributed by atoms with Crippen LogP contribution in [0.2, 0.25) is 0 Å². The number of hydrogen-bond acceptors (Lipinski definition) is 6. The Morgan fingerprint density at radius 1 is 1.08 bits per heavy atom. The van der Waals surface area contributed by atoms with Crippen molar-refractivity contribution < 1.29 is 4.74 Å². The minimum atomic E-state index is 0.302. The third-order valence-corrected chi connectivity index (χ3v) is 5.74. The van der Waals surface area contributed by atoms with E-state index in [0.717, 1.165) is 56.0 Å². The smallest absolute Gasteiger partial charge is 0.222 e. The van der Waals surface area contributed by atoms with Gasteiger partial charge in [-0.1, -0.05) is 18.2 Å². The summed E-state index contributed by atoms with van der Waals surface area (Å²) in [6.07, 6.45) is 4.14. The number of piperidine rings is 1. The first kappa shape index (κ1) is 17.1. The maximum absolute atomic E-state index is 5.98. The number of nitrogens with zero attached hydrogens (tertiary/aromatic N) is 3. The van der Waals surface area contributed by atoms with Crippen LogP contribution in [0.25, 0.3) is 0 Å². The largest absolute Gasteiger partial charge is 0.496 e. The van der Waals surface area contributed by atoms with Gasteiger partial charge in [0.25, 0.3) is 0 Å². The van der Waals surface area contributed by atoms with Gasteiger partial charge in [-0.3, -0.25) is 0 Å². The predicted molar refractivity (Wildman–Crippen MR) is 104 cm³/mol. The minimum Gasteiger partial charge on any atom is -0.496 e. The van der Waals surface area contributed by atoms with E-state index in [1.54, 1.807) is 7.11 Å². The van der Waals surface area contributed by atoms with Gasteiger partial charge in [0, 0.05) is 31.1 Å². The van der Waals surface area contributed by atoms with Gasteiger partial charge < -0.3 is 21.1 Å². The lowest BCUT2D eigenvalue weighted by atomic mass is 9.78. The number of nitrogen functional groups attached to an aromatic ring is 1. The molecule has 1 aromatic carbocycles. The normalized spacial score (nSPS) is 23.5. The van der Waals surface area contributed by atoms with Crippen molar-refractivity contribution in [3.63, 3.8) is 0 Å². The van der Waals surface area contributed by atoms with E-state index in [2.05, 4.69) is 33.1 Å². The maximum atomic E-state index is 5.98. The van der Waals surface area contributed by atoms with Crippen molar-refractivity contribution in [3.05, 3.63) is 41.6 Å². The molecule has 138 valence electrons. The number of ether oxygens (including phenoxy) is 1. The van der Waals surface area contributed by atoms with Gasteiger partial charge in [0.2, 0.25) is 5.95 Å². The summed E-state index contributed by atoms with van der Waals surface area (Å²) in [6, 6.07) is 10.7. The Balaban J connectivity index is 1.46. The van der Waals surface area contributed by atoms with Crippen LogP contribution in [0.1, 0.15) is 48.8 Å². The van der Waals surface area contributed by atoms with Crippen LogP contribution in [-0.2, 0) is 0 Å². The average molecular weight is 353 g/mol. The summed E-state index contributed by atoms with van der Waals surface area (Å²) in [5, 5.41) is 0. The molecule has 2 aromatic rings. The Morgan fingerprint density at radius 2 is 1.81 bits per heavy atom.